The normalized spacial score (nSPS) is 10.9. The average molecular weight is 328 g/mol. The number of benzene rings is 2. The molecular weight excluding hydrogens is 310 g/mol. The Labute approximate surface area is 140 Å². The Kier molecular flexibility index (Phi) is 4.35. The summed E-state index contributed by atoms with van der Waals surface area (Å²) in [5.74, 6) is -0.0440. The third-order valence-corrected chi connectivity index (χ3v) is 4.21. The molecule has 5 heteroatoms. The van der Waals surface area contributed by atoms with Crippen LogP contribution in [-0.2, 0) is 17.9 Å². The van der Waals surface area contributed by atoms with E-state index in [-0.39, 0.29) is 12.5 Å². The number of fused-ring (bicyclic) bond motifs is 1. The topological polar surface area (TPSA) is 46.9 Å². The number of nitrogens with zero attached hydrogens (tertiary/aromatic N) is 2. The Balaban J connectivity index is 1.68. The monoisotopic (exact) mass is 327 g/mol. The van der Waals surface area contributed by atoms with Gasteiger partial charge in [0.2, 0.25) is 5.91 Å². The second-order valence-electron chi connectivity index (χ2n) is 5.70. The molecule has 0 atom stereocenters. The van der Waals surface area contributed by atoms with Crippen LogP contribution in [0.2, 0.25) is 5.02 Å². The molecule has 0 bridgehead atoms. The number of amides is 1. The van der Waals surface area contributed by atoms with E-state index in [2.05, 4.69) is 30.2 Å². The quantitative estimate of drug-likeness (QED) is 0.795. The molecule has 1 N–H and O–H groups in total. The molecule has 0 aliphatic rings. The highest BCUT2D eigenvalue weighted by Gasteiger charge is 2.08. The molecule has 0 aliphatic carbocycles. The van der Waals surface area contributed by atoms with E-state index >= 15 is 0 Å². The van der Waals surface area contributed by atoms with Gasteiger partial charge in [-0.15, -0.1) is 0 Å². The molecule has 0 aliphatic heterocycles. The molecule has 0 saturated carbocycles. The maximum absolute atomic E-state index is 12.2. The van der Waals surface area contributed by atoms with Crippen molar-refractivity contribution >= 4 is 28.5 Å². The molecule has 1 amide bonds. The van der Waals surface area contributed by atoms with Crippen LogP contribution in [-0.4, -0.2) is 15.5 Å². The van der Waals surface area contributed by atoms with Gasteiger partial charge in [-0.25, -0.2) is 4.98 Å². The number of carbonyl (C=O) groups is 1. The zero-order chi connectivity index (χ0) is 16.4. The van der Waals surface area contributed by atoms with Crippen LogP contribution in [0.5, 0.6) is 0 Å². The number of hydrogen-bond donors (Lipinski definition) is 1. The van der Waals surface area contributed by atoms with Gasteiger partial charge < -0.3 is 9.88 Å². The smallest absolute Gasteiger partial charge is 0.240 e. The van der Waals surface area contributed by atoms with Crippen LogP contribution in [0.3, 0.4) is 0 Å². The van der Waals surface area contributed by atoms with Crippen molar-refractivity contribution in [2.75, 3.05) is 0 Å². The largest absolute Gasteiger partial charge is 0.350 e. The molecule has 4 nitrogen and oxygen atoms in total. The minimum absolute atomic E-state index is 0.0440. The Morgan fingerprint density at radius 2 is 1.87 bits per heavy atom. The van der Waals surface area contributed by atoms with Gasteiger partial charge in [0.25, 0.3) is 0 Å². The van der Waals surface area contributed by atoms with E-state index in [1.807, 2.05) is 34.9 Å². The fraction of sp³-hybridized carbons (Fsp3) is 0.222. The summed E-state index contributed by atoms with van der Waals surface area (Å²) in [6.45, 7) is 4.87. The predicted octanol–water partition coefficient (Wildman–Crippen LogP) is 3.62. The molecule has 0 unspecified atom stereocenters. The molecule has 0 radical (unpaired) electrons. The van der Waals surface area contributed by atoms with Crippen molar-refractivity contribution in [3.8, 4) is 0 Å². The minimum Gasteiger partial charge on any atom is -0.350 e. The highest BCUT2D eigenvalue weighted by atomic mass is 35.5. The number of carbonyl (C=O) groups excluding carboxylic acids is 1. The van der Waals surface area contributed by atoms with Crippen LogP contribution in [0.4, 0.5) is 0 Å². The van der Waals surface area contributed by atoms with Gasteiger partial charge in [-0.05, 0) is 54.8 Å². The summed E-state index contributed by atoms with van der Waals surface area (Å²) in [7, 11) is 0. The third kappa shape index (κ3) is 3.54. The van der Waals surface area contributed by atoms with Crippen molar-refractivity contribution in [2.45, 2.75) is 26.9 Å². The Morgan fingerprint density at radius 3 is 2.61 bits per heavy atom. The number of aryl methyl sites for hydroxylation is 2. The maximum atomic E-state index is 12.2. The van der Waals surface area contributed by atoms with Gasteiger partial charge in [-0.2, -0.15) is 0 Å². The molecular formula is C18H18ClN3O. The van der Waals surface area contributed by atoms with Crippen LogP contribution < -0.4 is 5.32 Å². The third-order valence-electron chi connectivity index (χ3n) is 3.95. The fourth-order valence-electron chi connectivity index (χ4n) is 2.45. The summed E-state index contributed by atoms with van der Waals surface area (Å²) in [6, 6.07) is 11.6. The maximum Gasteiger partial charge on any atom is 0.240 e. The van der Waals surface area contributed by atoms with Crippen molar-refractivity contribution in [3.05, 3.63) is 64.4 Å². The number of imidazole rings is 1. The van der Waals surface area contributed by atoms with E-state index in [4.69, 9.17) is 11.6 Å². The van der Waals surface area contributed by atoms with Crippen molar-refractivity contribution in [1.29, 1.82) is 0 Å². The molecule has 2 aromatic carbocycles. The zero-order valence-corrected chi connectivity index (χ0v) is 13.9. The van der Waals surface area contributed by atoms with Crippen molar-refractivity contribution in [2.24, 2.45) is 0 Å². The van der Waals surface area contributed by atoms with Crippen molar-refractivity contribution in [3.63, 3.8) is 0 Å². The highest BCUT2D eigenvalue weighted by molar-refractivity contribution is 6.30. The second kappa shape index (κ2) is 6.42. The zero-order valence-electron chi connectivity index (χ0n) is 13.1. The molecule has 3 rings (SSSR count). The standard InChI is InChI=1S/C18H18ClN3O/c1-12-7-16-17(8-13(12)2)22(11-21-16)10-18(23)20-9-14-3-5-15(19)6-4-14/h3-8,11H,9-10H2,1-2H3,(H,20,23). The van der Waals surface area contributed by atoms with Gasteiger partial charge in [-0.1, -0.05) is 23.7 Å². The second-order valence-corrected chi connectivity index (χ2v) is 6.14. The van der Waals surface area contributed by atoms with E-state index in [9.17, 15) is 4.79 Å². The Hall–Kier alpha value is -2.33. The lowest BCUT2D eigenvalue weighted by Gasteiger charge is -2.08. The fourth-order valence-corrected chi connectivity index (χ4v) is 2.58. The van der Waals surface area contributed by atoms with Crippen LogP contribution in [0.15, 0.2) is 42.7 Å². The lowest BCUT2D eigenvalue weighted by molar-refractivity contribution is -0.121. The van der Waals surface area contributed by atoms with E-state index in [0.717, 1.165) is 16.6 Å². The number of aromatic nitrogens is 2. The number of hydrogen-bond acceptors (Lipinski definition) is 2. The van der Waals surface area contributed by atoms with Crippen molar-refractivity contribution < 1.29 is 4.79 Å². The summed E-state index contributed by atoms with van der Waals surface area (Å²) < 4.78 is 1.87. The summed E-state index contributed by atoms with van der Waals surface area (Å²) in [4.78, 5) is 16.5. The predicted molar refractivity (Wildman–Crippen MR) is 92.5 cm³/mol. The van der Waals surface area contributed by atoms with Crippen LogP contribution in [0.25, 0.3) is 11.0 Å². The number of halogens is 1. The first kappa shape index (κ1) is 15.6. The number of nitrogens with one attached hydrogen (secondary N) is 1. The average Bonchev–Trinajstić information content (AvgIpc) is 2.89. The SMILES string of the molecule is Cc1cc2ncn(CC(=O)NCc3ccc(Cl)cc3)c2cc1C. The summed E-state index contributed by atoms with van der Waals surface area (Å²) in [6.07, 6.45) is 1.71. The molecule has 1 heterocycles. The first-order chi connectivity index (χ1) is 11.0. The molecule has 0 fully saturated rings. The molecule has 3 aromatic rings. The Morgan fingerprint density at radius 1 is 1.17 bits per heavy atom. The van der Waals surface area contributed by atoms with Gasteiger partial charge in [-0.3, -0.25) is 4.79 Å². The first-order valence-electron chi connectivity index (χ1n) is 7.46. The van der Waals surface area contributed by atoms with Crippen molar-refractivity contribution in [1.82, 2.24) is 14.9 Å². The summed E-state index contributed by atoms with van der Waals surface area (Å²) >= 11 is 5.85. The van der Waals surface area contributed by atoms with Gasteiger partial charge >= 0.3 is 0 Å². The molecule has 23 heavy (non-hydrogen) atoms. The first-order valence-corrected chi connectivity index (χ1v) is 7.84. The summed E-state index contributed by atoms with van der Waals surface area (Å²) in [5, 5.41) is 3.61. The van der Waals surface area contributed by atoms with Crippen LogP contribution in [0.1, 0.15) is 16.7 Å². The lowest BCUT2D eigenvalue weighted by atomic mass is 10.1. The van der Waals surface area contributed by atoms with E-state index in [1.54, 1.807) is 6.33 Å². The van der Waals surface area contributed by atoms with Gasteiger partial charge in [0, 0.05) is 11.6 Å². The minimum atomic E-state index is -0.0440. The van der Waals surface area contributed by atoms with Gasteiger partial charge in [0.15, 0.2) is 0 Å². The van der Waals surface area contributed by atoms with E-state index in [1.165, 1.54) is 11.1 Å². The molecule has 118 valence electrons. The van der Waals surface area contributed by atoms with E-state index < -0.39 is 0 Å². The van der Waals surface area contributed by atoms with E-state index in [0.29, 0.717) is 11.6 Å². The highest BCUT2D eigenvalue weighted by Crippen LogP contribution is 2.18. The molecule has 0 saturated heterocycles. The van der Waals surface area contributed by atoms with Crippen LogP contribution in [0, 0.1) is 13.8 Å². The van der Waals surface area contributed by atoms with Gasteiger partial charge in [0.05, 0.1) is 17.4 Å². The molecule has 1 aromatic heterocycles. The molecule has 0 spiro atoms. The Bertz CT molecular complexity index is 853. The lowest BCUT2D eigenvalue weighted by Crippen LogP contribution is -2.26. The van der Waals surface area contributed by atoms with Gasteiger partial charge in [0.1, 0.15) is 6.54 Å². The summed E-state index contributed by atoms with van der Waals surface area (Å²) in [5.41, 5.74) is 5.31. The van der Waals surface area contributed by atoms with Crippen LogP contribution >= 0.6 is 11.6 Å². The number of rotatable bonds is 4.